The molecule has 5 heteroatoms. The van der Waals surface area contributed by atoms with Crippen LogP contribution in [0.2, 0.25) is 0 Å². The highest BCUT2D eigenvalue weighted by Gasteiger charge is 2.17. The van der Waals surface area contributed by atoms with Gasteiger partial charge in [-0.3, -0.25) is 4.99 Å². The van der Waals surface area contributed by atoms with E-state index in [2.05, 4.69) is 9.89 Å². The second kappa shape index (κ2) is 6.80. The largest absolute Gasteiger partial charge is 0.467 e. The van der Waals surface area contributed by atoms with Crippen LogP contribution in [0.5, 0.6) is 0 Å². The van der Waals surface area contributed by atoms with Crippen LogP contribution in [0.4, 0.5) is 4.39 Å². The van der Waals surface area contributed by atoms with Gasteiger partial charge in [-0.2, -0.15) is 0 Å². The van der Waals surface area contributed by atoms with Gasteiger partial charge in [-0.05, 0) is 36.2 Å². The van der Waals surface area contributed by atoms with Gasteiger partial charge in [-0.1, -0.05) is 23.9 Å². The van der Waals surface area contributed by atoms with Gasteiger partial charge in [0.1, 0.15) is 11.6 Å². The molecule has 0 atom stereocenters. The Kier molecular flexibility index (Phi) is 4.60. The molecule has 0 aliphatic carbocycles. The van der Waals surface area contributed by atoms with Crippen molar-refractivity contribution in [3.05, 3.63) is 59.8 Å². The summed E-state index contributed by atoms with van der Waals surface area (Å²) in [5, 5.41) is 1.02. The van der Waals surface area contributed by atoms with Gasteiger partial charge in [0.25, 0.3) is 0 Å². The first-order valence-electron chi connectivity index (χ1n) is 7.00. The van der Waals surface area contributed by atoms with Gasteiger partial charge in [0.05, 0.1) is 12.8 Å². The number of aliphatic imine (C=N–C) groups is 1. The summed E-state index contributed by atoms with van der Waals surface area (Å²) in [4.78, 5) is 6.75. The number of furan rings is 1. The van der Waals surface area contributed by atoms with E-state index in [9.17, 15) is 4.39 Å². The molecule has 1 aliphatic heterocycles. The molecule has 0 fully saturated rings. The van der Waals surface area contributed by atoms with Crippen molar-refractivity contribution in [1.29, 1.82) is 0 Å². The van der Waals surface area contributed by atoms with Gasteiger partial charge in [0.2, 0.25) is 0 Å². The first kappa shape index (κ1) is 14.2. The third-order valence-corrected chi connectivity index (χ3v) is 4.38. The van der Waals surface area contributed by atoms with E-state index in [-0.39, 0.29) is 5.82 Å². The van der Waals surface area contributed by atoms with Crippen LogP contribution in [0.1, 0.15) is 17.7 Å². The van der Waals surface area contributed by atoms with Crippen LogP contribution in [0.3, 0.4) is 0 Å². The first-order chi connectivity index (χ1) is 10.3. The summed E-state index contributed by atoms with van der Waals surface area (Å²) in [6, 6.07) is 10.5. The highest BCUT2D eigenvalue weighted by atomic mass is 32.2. The minimum absolute atomic E-state index is 0.205. The summed E-state index contributed by atoms with van der Waals surface area (Å²) in [7, 11) is 0. The van der Waals surface area contributed by atoms with Crippen molar-refractivity contribution < 1.29 is 8.81 Å². The van der Waals surface area contributed by atoms with Crippen LogP contribution in [0.15, 0.2) is 52.1 Å². The fourth-order valence-corrected chi connectivity index (χ4v) is 3.23. The van der Waals surface area contributed by atoms with E-state index in [1.807, 2.05) is 18.2 Å². The number of rotatable bonds is 4. The van der Waals surface area contributed by atoms with Crippen LogP contribution < -0.4 is 0 Å². The van der Waals surface area contributed by atoms with Crippen LogP contribution in [0, 0.1) is 5.82 Å². The molecule has 0 saturated heterocycles. The molecule has 0 bridgehead atoms. The summed E-state index contributed by atoms with van der Waals surface area (Å²) >= 11 is 1.76. The normalized spacial score (nSPS) is 14.8. The molecular weight excluding hydrogens is 287 g/mol. The molecule has 2 heterocycles. The van der Waals surface area contributed by atoms with E-state index in [1.165, 1.54) is 6.07 Å². The Balaban J connectivity index is 1.79. The SMILES string of the molecule is Fc1cccc(CN(Cc2ccco2)C2=NCCCS2)c1. The lowest BCUT2D eigenvalue weighted by Gasteiger charge is -2.26. The molecule has 0 amide bonds. The van der Waals surface area contributed by atoms with Gasteiger partial charge >= 0.3 is 0 Å². The highest BCUT2D eigenvalue weighted by Crippen LogP contribution is 2.21. The van der Waals surface area contributed by atoms with Gasteiger partial charge in [0.15, 0.2) is 5.17 Å². The molecule has 1 aromatic carbocycles. The molecule has 0 saturated carbocycles. The van der Waals surface area contributed by atoms with Crippen LogP contribution in [0.25, 0.3) is 0 Å². The molecule has 110 valence electrons. The van der Waals surface area contributed by atoms with Crippen molar-refractivity contribution in [3.8, 4) is 0 Å². The van der Waals surface area contributed by atoms with Crippen molar-refractivity contribution in [2.45, 2.75) is 19.5 Å². The van der Waals surface area contributed by atoms with Crippen molar-refractivity contribution in [3.63, 3.8) is 0 Å². The molecule has 2 aromatic rings. The quantitative estimate of drug-likeness (QED) is 0.857. The third kappa shape index (κ3) is 3.88. The Morgan fingerprint density at radius 3 is 2.90 bits per heavy atom. The Morgan fingerprint density at radius 1 is 1.24 bits per heavy atom. The lowest BCUT2D eigenvalue weighted by Crippen LogP contribution is -2.29. The Labute approximate surface area is 127 Å². The van der Waals surface area contributed by atoms with Gasteiger partial charge in [0, 0.05) is 18.8 Å². The van der Waals surface area contributed by atoms with E-state index < -0.39 is 0 Å². The molecule has 1 aromatic heterocycles. The average Bonchev–Trinajstić information content (AvgIpc) is 3.01. The van der Waals surface area contributed by atoms with E-state index in [0.29, 0.717) is 13.1 Å². The molecule has 0 spiro atoms. The van der Waals surface area contributed by atoms with Crippen LogP contribution in [-0.4, -0.2) is 22.4 Å². The number of thioether (sulfide) groups is 1. The molecule has 1 aliphatic rings. The number of amidine groups is 1. The van der Waals surface area contributed by atoms with Gasteiger partial charge in [-0.25, -0.2) is 4.39 Å². The Bertz CT molecular complexity index is 612. The second-order valence-corrected chi connectivity index (χ2v) is 5.99. The molecule has 21 heavy (non-hydrogen) atoms. The zero-order valence-electron chi connectivity index (χ0n) is 11.7. The number of hydrogen-bond donors (Lipinski definition) is 0. The minimum atomic E-state index is -0.205. The van der Waals surface area contributed by atoms with Crippen molar-refractivity contribution in [1.82, 2.24) is 4.90 Å². The zero-order chi connectivity index (χ0) is 14.5. The average molecular weight is 304 g/mol. The second-order valence-electron chi connectivity index (χ2n) is 4.93. The summed E-state index contributed by atoms with van der Waals surface area (Å²) in [6.45, 7) is 2.14. The third-order valence-electron chi connectivity index (χ3n) is 3.24. The Hall–Kier alpha value is -1.75. The molecule has 3 nitrogen and oxygen atoms in total. The summed E-state index contributed by atoms with van der Waals surface area (Å²) in [5.74, 6) is 1.76. The molecule has 0 unspecified atom stereocenters. The molecule has 3 rings (SSSR count). The monoisotopic (exact) mass is 304 g/mol. The van der Waals surface area contributed by atoms with Crippen LogP contribution >= 0.6 is 11.8 Å². The van der Waals surface area contributed by atoms with Crippen molar-refractivity contribution in [2.24, 2.45) is 4.99 Å². The maximum absolute atomic E-state index is 13.4. The molecule has 0 N–H and O–H groups in total. The Morgan fingerprint density at radius 2 is 2.19 bits per heavy atom. The predicted molar refractivity (Wildman–Crippen MR) is 83.7 cm³/mol. The van der Waals surface area contributed by atoms with Gasteiger partial charge < -0.3 is 9.32 Å². The predicted octanol–water partition coefficient (Wildman–Crippen LogP) is 3.91. The van der Waals surface area contributed by atoms with E-state index in [1.54, 1.807) is 30.2 Å². The lowest BCUT2D eigenvalue weighted by atomic mass is 10.2. The summed E-state index contributed by atoms with van der Waals surface area (Å²) in [5.41, 5.74) is 0.940. The number of benzene rings is 1. The summed E-state index contributed by atoms with van der Waals surface area (Å²) < 4.78 is 18.8. The lowest BCUT2D eigenvalue weighted by molar-refractivity contribution is 0.360. The fraction of sp³-hybridized carbons (Fsp3) is 0.312. The van der Waals surface area contributed by atoms with Crippen LogP contribution in [-0.2, 0) is 13.1 Å². The first-order valence-corrected chi connectivity index (χ1v) is 7.99. The van der Waals surface area contributed by atoms with Gasteiger partial charge in [-0.15, -0.1) is 0 Å². The van der Waals surface area contributed by atoms with E-state index in [0.717, 1.165) is 35.2 Å². The highest BCUT2D eigenvalue weighted by molar-refractivity contribution is 8.13. The summed E-state index contributed by atoms with van der Waals surface area (Å²) in [6.07, 6.45) is 2.79. The smallest absolute Gasteiger partial charge is 0.159 e. The molecular formula is C16H17FN2OS. The minimum Gasteiger partial charge on any atom is -0.467 e. The zero-order valence-corrected chi connectivity index (χ0v) is 12.5. The number of halogens is 1. The maximum atomic E-state index is 13.4. The van der Waals surface area contributed by atoms with Crippen molar-refractivity contribution in [2.75, 3.05) is 12.3 Å². The topological polar surface area (TPSA) is 28.7 Å². The number of hydrogen-bond acceptors (Lipinski definition) is 4. The molecule has 0 radical (unpaired) electrons. The van der Waals surface area contributed by atoms with Crippen molar-refractivity contribution >= 4 is 16.9 Å². The van der Waals surface area contributed by atoms with E-state index >= 15 is 0 Å². The maximum Gasteiger partial charge on any atom is 0.159 e. The fourth-order valence-electron chi connectivity index (χ4n) is 2.28. The van der Waals surface area contributed by atoms with E-state index in [4.69, 9.17) is 4.42 Å². The standard InChI is InChI=1S/C16H17FN2OS/c17-14-5-1-4-13(10-14)11-19(12-15-6-2-8-20-15)16-18-7-3-9-21-16/h1-2,4-6,8,10H,3,7,9,11-12H2. The number of nitrogens with zero attached hydrogens (tertiary/aromatic N) is 2.